The van der Waals surface area contributed by atoms with Gasteiger partial charge in [-0.1, -0.05) is 62.1 Å². The normalized spacial score (nSPS) is 23.4. The molecule has 0 bridgehead atoms. The number of rotatable bonds is 2. The second-order valence-electron chi connectivity index (χ2n) is 10.4. The van der Waals surface area contributed by atoms with Gasteiger partial charge in [0.2, 0.25) is 0 Å². The van der Waals surface area contributed by atoms with Crippen molar-refractivity contribution in [2.75, 3.05) is 6.61 Å². The summed E-state index contributed by atoms with van der Waals surface area (Å²) in [5, 5.41) is 10.9. The van der Waals surface area contributed by atoms with Crippen molar-refractivity contribution in [2.45, 2.75) is 63.7 Å². The molecule has 1 aromatic heterocycles. The summed E-state index contributed by atoms with van der Waals surface area (Å²) in [4.78, 5) is 17.8. The fourth-order valence-electron chi connectivity index (χ4n) is 6.48. The summed E-state index contributed by atoms with van der Waals surface area (Å²) in [6.07, 6.45) is 10.9. The molecule has 1 N–H and O–H groups in total. The number of benzene rings is 2. The fraction of sp³-hybridized carbons (Fsp3) is 0.429. The Kier molecular flexibility index (Phi) is 4.83. The fourth-order valence-corrected chi connectivity index (χ4v) is 6.73. The maximum Gasteiger partial charge on any atom is 0.282 e. The number of hydrogen-bond donors (Lipinski definition) is 1. The van der Waals surface area contributed by atoms with Crippen LogP contribution in [0.5, 0.6) is 0 Å². The summed E-state index contributed by atoms with van der Waals surface area (Å²) in [7, 11) is 0. The number of aromatic nitrogens is 2. The van der Waals surface area contributed by atoms with Gasteiger partial charge < -0.3 is 5.11 Å². The molecule has 1 saturated carbocycles. The minimum absolute atomic E-state index is 0.165. The summed E-state index contributed by atoms with van der Waals surface area (Å²) in [6.45, 7) is 2.30. The Bertz CT molecular complexity index is 1370. The molecule has 4 nitrogen and oxygen atoms in total. The Balaban J connectivity index is 1.64. The van der Waals surface area contributed by atoms with Crippen LogP contribution in [-0.4, -0.2) is 21.3 Å². The SMILES string of the molecule is CC1(CO)C=C(c2ccc3c(c2)-n2c(nc(=O)c4c(Cl)cccc42)C32CCCCC2)CCC1. The van der Waals surface area contributed by atoms with Crippen molar-refractivity contribution in [2.24, 2.45) is 5.41 Å². The van der Waals surface area contributed by atoms with Crippen LogP contribution in [0.3, 0.4) is 0 Å². The van der Waals surface area contributed by atoms with Crippen LogP contribution < -0.4 is 5.56 Å². The smallest absolute Gasteiger partial charge is 0.282 e. The Labute approximate surface area is 198 Å². The molecule has 3 aromatic rings. The van der Waals surface area contributed by atoms with Gasteiger partial charge in [0.1, 0.15) is 5.82 Å². The van der Waals surface area contributed by atoms with Gasteiger partial charge in [-0.2, -0.15) is 4.98 Å². The van der Waals surface area contributed by atoms with E-state index in [1.54, 1.807) is 6.07 Å². The molecule has 2 aliphatic carbocycles. The number of hydrogen-bond acceptors (Lipinski definition) is 3. The van der Waals surface area contributed by atoms with Crippen LogP contribution in [0.4, 0.5) is 0 Å². The summed E-state index contributed by atoms with van der Waals surface area (Å²) in [5.74, 6) is 0.881. The molecule has 6 rings (SSSR count). The molecule has 1 unspecified atom stereocenters. The van der Waals surface area contributed by atoms with Crippen LogP contribution >= 0.6 is 11.6 Å². The van der Waals surface area contributed by atoms with Crippen molar-refractivity contribution in [1.29, 1.82) is 0 Å². The highest BCUT2D eigenvalue weighted by atomic mass is 35.5. The highest BCUT2D eigenvalue weighted by molar-refractivity contribution is 6.35. The number of nitrogens with zero attached hydrogens (tertiary/aromatic N) is 2. The molecule has 1 atom stereocenters. The maximum atomic E-state index is 13.1. The van der Waals surface area contributed by atoms with Crippen LogP contribution in [0.2, 0.25) is 5.02 Å². The molecular formula is C28H29ClN2O2. The van der Waals surface area contributed by atoms with Crippen molar-refractivity contribution >= 4 is 28.1 Å². The summed E-state index contributed by atoms with van der Waals surface area (Å²) in [5.41, 5.74) is 5.14. The Hall–Kier alpha value is -2.43. The van der Waals surface area contributed by atoms with Gasteiger partial charge >= 0.3 is 0 Å². The third kappa shape index (κ3) is 3.07. The lowest BCUT2D eigenvalue weighted by Gasteiger charge is -2.33. The lowest BCUT2D eigenvalue weighted by molar-refractivity contribution is 0.170. The van der Waals surface area contributed by atoms with Crippen LogP contribution in [0, 0.1) is 5.41 Å². The van der Waals surface area contributed by atoms with Gasteiger partial charge in [0.25, 0.3) is 5.56 Å². The zero-order valence-corrected chi connectivity index (χ0v) is 19.8. The summed E-state index contributed by atoms with van der Waals surface area (Å²) >= 11 is 6.48. The molecule has 1 aliphatic heterocycles. The first kappa shape index (κ1) is 21.1. The van der Waals surface area contributed by atoms with E-state index in [1.165, 1.54) is 23.1 Å². The van der Waals surface area contributed by atoms with Crippen molar-refractivity contribution in [3.63, 3.8) is 0 Å². The van der Waals surface area contributed by atoms with Gasteiger partial charge in [-0.25, -0.2) is 0 Å². The topological polar surface area (TPSA) is 55.1 Å². The average Bonchev–Trinajstić information content (AvgIpc) is 3.08. The molecule has 1 spiro atoms. The van der Waals surface area contributed by atoms with Gasteiger partial charge in [0.15, 0.2) is 0 Å². The highest BCUT2D eigenvalue weighted by Gasteiger charge is 2.46. The molecule has 2 heterocycles. The maximum absolute atomic E-state index is 13.1. The number of aliphatic hydroxyl groups excluding tert-OH is 1. The van der Waals surface area contributed by atoms with Crippen LogP contribution in [-0.2, 0) is 5.41 Å². The van der Waals surface area contributed by atoms with Gasteiger partial charge in [0, 0.05) is 5.41 Å². The van der Waals surface area contributed by atoms with E-state index in [0.717, 1.165) is 62.0 Å². The van der Waals surface area contributed by atoms with Crippen molar-refractivity contribution in [3.8, 4) is 5.69 Å². The van der Waals surface area contributed by atoms with Crippen molar-refractivity contribution < 1.29 is 5.11 Å². The van der Waals surface area contributed by atoms with E-state index < -0.39 is 0 Å². The first-order valence-electron chi connectivity index (χ1n) is 12.2. The zero-order chi connectivity index (χ0) is 22.8. The third-order valence-corrected chi connectivity index (χ3v) is 8.52. The first-order valence-corrected chi connectivity index (χ1v) is 12.5. The number of allylic oxidation sites excluding steroid dienone is 1. The van der Waals surface area contributed by atoms with Gasteiger partial charge in [-0.3, -0.25) is 9.36 Å². The lowest BCUT2D eigenvalue weighted by Crippen LogP contribution is -2.32. The minimum Gasteiger partial charge on any atom is -0.395 e. The number of halogens is 1. The van der Waals surface area contributed by atoms with Gasteiger partial charge in [-0.05, 0) is 67.0 Å². The van der Waals surface area contributed by atoms with E-state index in [4.69, 9.17) is 11.6 Å². The minimum atomic E-state index is -0.228. The summed E-state index contributed by atoms with van der Waals surface area (Å²) < 4.78 is 2.21. The molecule has 0 amide bonds. The van der Waals surface area contributed by atoms with Crippen LogP contribution in [0.15, 0.2) is 47.3 Å². The molecule has 3 aliphatic rings. The second kappa shape index (κ2) is 7.54. The Morgan fingerprint density at radius 2 is 1.91 bits per heavy atom. The van der Waals surface area contributed by atoms with Crippen LogP contribution in [0.25, 0.3) is 22.2 Å². The predicted molar refractivity (Wildman–Crippen MR) is 133 cm³/mol. The molecular weight excluding hydrogens is 432 g/mol. The third-order valence-electron chi connectivity index (χ3n) is 8.20. The molecule has 5 heteroatoms. The quantitative estimate of drug-likeness (QED) is 0.497. The average molecular weight is 461 g/mol. The molecule has 0 radical (unpaired) electrons. The predicted octanol–water partition coefficient (Wildman–Crippen LogP) is 6.17. The van der Waals surface area contributed by atoms with Gasteiger partial charge in [-0.15, -0.1) is 0 Å². The zero-order valence-electron chi connectivity index (χ0n) is 19.0. The van der Waals surface area contributed by atoms with E-state index >= 15 is 0 Å². The van der Waals surface area contributed by atoms with Crippen LogP contribution in [0.1, 0.15) is 75.2 Å². The molecule has 0 saturated heterocycles. The monoisotopic (exact) mass is 460 g/mol. The summed E-state index contributed by atoms with van der Waals surface area (Å²) in [6, 6.07) is 12.5. The lowest BCUT2D eigenvalue weighted by atomic mass is 9.69. The first-order chi connectivity index (χ1) is 16.0. The van der Waals surface area contributed by atoms with E-state index in [0.29, 0.717) is 10.4 Å². The Morgan fingerprint density at radius 1 is 1.09 bits per heavy atom. The van der Waals surface area contributed by atoms with E-state index in [9.17, 15) is 9.90 Å². The van der Waals surface area contributed by atoms with Crippen molar-refractivity contribution in [3.05, 3.63) is 74.8 Å². The van der Waals surface area contributed by atoms with E-state index in [-0.39, 0.29) is 23.0 Å². The highest BCUT2D eigenvalue weighted by Crippen LogP contribution is 2.52. The largest absolute Gasteiger partial charge is 0.395 e. The van der Waals surface area contributed by atoms with E-state index in [2.05, 4.69) is 40.7 Å². The second-order valence-corrected chi connectivity index (χ2v) is 10.8. The molecule has 33 heavy (non-hydrogen) atoms. The van der Waals surface area contributed by atoms with Crippen molar-refractivity contribution in [1.82, 2.24) is 9.55 Å². The number of fused-ring (bicyclic) bond motifs is 7. The number of aliphatic hydroxyl groups is 1. The molecule has 2 aromatic carbocycles. The van der Waals surface area contributed by atoms with Gasteiger partial charge in [0.05, 0.1) is 33.6 Å². The standard InChI is InChI=1S/C28H29ClN2O2/c1-27(17-32)12-6-7-19(16-27)18-10-11-20-23(15-18)31-22-9-5-8-21(29)24(22)25(33)30-26(31)28(20)13-3-2-4-14-28/h5,8-11,15-16,32H,2-4,6-7,12-14,17H2,1H3. The van der Waals surface area contributed by atoms with E-state index in [1.807, 2.05) is 12.1 Å². The molecule has 1 fully saturated rings. The molecule has 170 valence electrons. The Morgan fingerprint density at radius 3 is 2.70 bits per heavy atom.